The number of carbonyl (C=O) groups excluding carboxylic acids is 4. The van der Waals surface area contributed by atoms with E-state index < -0.39 is 72.6 Å². The highest BCUT2D eigenvalue weighted by atomic mass is 19.4. The SMILES string of the molecule is C=C(C)C(=O)OCCO.C=CC(=O)OCCC(F)(F)C(F)(F)C(F)(F)C(F)(F)C(F)(F)C(F)(F)C(F)(F)C(F)(F)F.C=CC(=O)OCCCCCCOC(=O)C=C. The van der Waals surface area contributed by atoms with Gasteiger partial charge in [-0.05, 0) is 32.6 Å². The summed E-state index contributed by atoms with van der Waals surface area (Å²) in [6.07, 6.45) is -4.64. The third kappa shape index (κ3) is 15.5. The van der Waals surface area contributed by atoms with Gasteiger partial charge in [-0.1, -0.05) is 26.3 Å². The molecule has 9 nitrogen and oxygen atoms in total. The summed E-state index contributed by atoms with van der Waals surface area (Å²) in [4.78, 5) is 42.3. The van der Waals surface area contributed by atoms with Crippen LogP contribution in [0.1, 0.15) is 39.0 Å². The molecule has 0 heterocycles. The molecule has 0 unspecified atom stereocenters. The van der Waals surface area contributed by atoms with Crippen molar-refractivity contribution in [2.45, 2.75) is 86.7 Å². The fourth-order valence-electron chi connectivity index (χ4n) is 2.97. The van der Waals surface area contributed by atoms with Gasteiger partial charge < -0.3 is 24.1 Å². The Labute approximate surface area is 312 Å². The Hall–Kier alpha value is -4.39. The van der Waals surface area contributed by atoms with Crippen molar-refractivity contribution in [2.75, 3.05) is 33.0 Å². The molecule has 57 heavy (non-hydrogen) atoms. The molecule has 0 amide bonds. The largest absolute Gasteiger partial charge is 0.463 e. The monoisotopic (exact) mass is 874 g/mol. The summed E-state index contributed by atoms with van der Waals surface area (Å²) in [5.74, 6) is -59.7. The zero-order valence-corrected chi connectivity index (χ0v) is 29.3. The van der Waals surface area contributed by atoms with Crippen molar-refractivity contribution < 1.29 is 118 Å². The van der Waals surface area contributed by atoms with Crippen LogP contribution in [0.2, 0.25) is 0 Å². The number of hydrogen-bond donors (Lipinski definition) is 1. The lowest BCUT2D eigenvalue weighted by Gasteiger charge is -2.42. The maximum atomic E-state index is 13.4. The second-order valence-electron chi connectivity index (χ2n) is 10.6. The lowest BCUT2D eigenvalue weighted by Crippen LogP contribution is -2.74. The molecule has 0 saturated carbocycles. The minimum absolute atomic E-state index is 0.0473. The topological polar surface area (TPSA) is 125 Å². The van der Waals surface area contributed by atoms with Crippen LogP contribution in [0.5, 0.6) is 0 Å². The summed E-state index contributed by atoms with van der Waals surface area (Å²) in [7, 11) is 0. The van der Waals surface area contributed by atoms with E-state index in [9.17, 15) is 93.8 Å². The molecule has 0 aliphatic rings. The molecule has 0 saturated heterocycles. The highest BCUT2D eigenvalue weighted by Crippen LogP contribution is 2.64. The van der Waals surface area contributed by atoms with Gasteiger partial charge in [0.25, 0.3) is 0 Å². The van der Waals surface area contributed by atoms with Crippen LogP contribution in [0.15, 0.2) is 50.1 Å². The number of ether oxygens (including phenoxy) is 4. The summed E-state index contributed by atoms with van der Waals surface area (Å²) in [6, 6.07) is 0. The molecule has 0 aromatic rings. The zero-order valence-electron chi connectivity index (χ0n) is 29.3. The predicted octanol–water partition coefficient (Wildman–Crippen LogP) is 8.22. The van der Waals surface area contributed by atoms with E-state index in [1.54, 1.807) is 6.92 Å². The molecule has 0 atom stereocenters. The van der Waals surface area contributed by atoms with Gasteiger partial charge in [0.1, 0.15) is 6.61 Å². The van der Waals surface area contributed by atoms with E-state index >= 15 is 0 Å². The number of rotatable bonds is 22. The first kappa shape index (κ1) is 56.9. The molecule has 0 bridgehead atoms. The Balaban J connectivity index is -0.000000957. The second kappa shape index (κ2) is 23.1. The van der Waals surface area contributed by atoms with Crippen LogP contribution in [-0.4, -0.2) is 110 Å². The van der Waals surface area contributed by atoms with Gasteiger partial charge in [-0.25, -0.2) is 19.2 Å². The maximum absolute atomic E-state index is 13.4. The summed E-state index contributed by atoms with van der Waals surface area (Å²) < 4.78 is 238. The van der Waals surface area contributed by atoms with E-state index in [1.807, 2.05) is 0 Å². The molecule has 0 radical (unpaired) electrons. The van der Waals surface area contributed by atoms with Crippen molar-refractivity contribution in [2.24, 2.45) is 0 Å². The molecular formula is C31H35F17O9. The second-order valence-corrected chi connectivity index (χ2v) is 10.6. The van der Waals surface area contributed by atoms with Crippen LogP contribution in [-0.2, 0) is 38.1 Å². The normalized spacial score (nSPS) is 12.7. The number of hydrogen-bond acceptors (Lipinski definition) is 9. The Morgan fingerprint density at radius 3 is 1.11 bits per heavy atom. The lowest BCUT2D eigenvalue weighted by atomic mass is 9.88. The van der Waals surface area contributed by atoms with Crippen molar-refractivity contribution in [3.8, 4) is 0 Å². The Kier molecular flexibility index (Phi) is 23.1. The van der Waals surface area contributed by atoms with E-state index in [2.05, 4.69) is 35.8 Å². The van der Waals surface area contributed by atoms with Gasteiger partial charge in [0.2, 0.25) is 0 Å². The van der Waals surface area contributed by atoms with Crippen LogP contribution < -0.4 is 0 Å². The standard InChI is InChI=1S/C13H7F17O2.C12H18O4.C6H10O3/c1-2-5(31)32-4-3-6(14,15)7(16,17)8(18,19)9(20,21)10(22,23)11(24,25)12(26,27)13(28,29)30;1-3-11(13)15-9-7-5-6-8-10-16-12(14)4-2;1-5(2)6(8)9-4-3-7/h2H,1,3-4H2;3-4H,1-2,5-10H2;7H,1,3-4H2,2H3. The smallest absolute Gasteiger partial charge is 0.460 e. The summed E-state index contributed by atoms with van der Waals surface area (Å²) in [5, 5.41) is 8.19. The van der Waals surface area contributed by atoms with Crippen LogP contribution in [0.25, 0.3) is 0 Å². The lowest BCUT2D eigenvalue weighted by molar-refractivity contribution is -0.461. The van der Waals surface area contributed by atoms with E-state index in [0.29, 0.717) is 18.8 Å². The molecule has 0 aliphatic heterocycles. The highest BCUT2D eigenvalue weighted by molar-refractivity contribution is 5.86. The number of esters is 4. The van der Waals surface area contributed by atoms with Crippen molar-refractivity contribution in [3.63, 3.8) is 0 Å². The van der Waals surface area contributed by atoms with Crippen LogP contribution in [0.3, 0.4) is 0 Å². The number of halogens is 17. The maximum Gasteiger partial charge on any atom is 0.460 e. The van der Waals surface area contributed by atoms with Gasteiger partial charge in [0.15, 0.2) is 0 Å². The van der Waals surface area contributed by atoms with Gasteiger partial charge in [-0.3, -0.25) is 0 Å². The third-order valence-electron chi connectivity index (χ3n) is 6.15. The van der Waals surface area contributed by atoms with Crippen molar-refractivity contribution in [1.29, 1.82) is 0 Å². The molecule has 332 valence electrons. The number of unbranched alkanes of at least 4 members (excludes halogenated alkanes) is 3. The molecule has 0 aliphatic carbocycles. The number of alkyl halides is 17. The summed E-state index contributed by atoms with van der Waals surface area (Å²) >= 11 is 0. The van der Waals surface area contributed by atoms with Crippen molar-refractivity contribution in [1.82, 2.24) is 0 Å². The average molecular weight is 875 g/mol. The highest BCUT2D eigenvalue weighted by Gasteiger charge is 2.95. The minimum Gasteiger partial charge on any atom is -0.463 e. The first-order valence-corrected chi connectivity index (χ1v) is 15.1. The Morgan fingerprint density at radius 1 is 0.491 bits per heavy atom. The predicted molar refractivity (Wildman–Crippen MR) is 160 cm³/mol. The van der Waals surface area contributed by atoms with E-state index in [4.69, 9.17) is 14.6 Å². The van der Waals surface area contributed by atoms with Gasteiger partial charge in [0, 0.05) is 23.8 Å². The van der Waals surface area contributed by atoms with Gasteiger partial charge in [-0.2, -0.15) is 74.6 Å². The van der Waals surface area contributed by atoms with Crippen LogP contribution in [0.4, 0.5) is 74.6 Å². The fraction of sp³-hybridized carbons (Fsp3) is 0.613. The Morgan fingerprint density at radius 2 is 0.807 bits per heavy atom. The molecule has 26 heteroatoms. The number of carbonyl (C=O) groups is 4. The molecule has 0 aromatic heterocycles. The van der Waals surface area contributed by atoms with Crippen molar-refractivity contribution in [3.05, 3.63) is 50.1 Å². The first-order valence-electron chi connectivity index (χ1n) is 15.1. The third-order valence-corrected chi connectivity index (χ3v) is 6.15. The fourth-order valence-corrected chi connectivity index (χ4v) is 2.97. The van der Waals surface area contributed by atoms with E-state index in [-0.39, 0.29) is 31.2 Å². The van der Waals surface area contributed by atoms with Gasteiger partial charge in [0.05, 0.1) is 32.8 Å². The van der Waals surface area contributed by atoms with Crippen LogP contribution >= 0.6 is 0 Å². The average Bonchev–Trinajstić information content (AvgIpc) is 3.10. The molecule has 0 spiro atoms. The molecule has 0 aromatic carbocycles. The summed E-state index contributed by atoms with van der Waals surface area (Å²) in [5.41, 5.74) is 0.350. The first-order chi connectivity index (χ1) is 25.6. The van der Waals surface area contributed by atoms with E-state index in [1.165, 1.54) is 0 Å². The zero-order chi connectivity index (χ0) is 45.9. The van der Waals surface area contributed by atoms with Gasteiger partial charge in [-0.15, -0.1) is 0 Å². The Bertz CT molecular complexity index is 1340. The number of aliphatic hydroxyl groups is 1. The number of aliphatic hydroxyl groups excluding tert-OH is 1. The molecule has 1 N–H and O–H groups in total. The van der Waals surface area contributed by atoms with Gasteiger partial charge >= 0.3 is 71.5 Å². The minimum atomic E-state index is -8.67. The molecular weight excluding hydrogens is 839 g/mol. The summed E-state index contributed by atoms with van der Waals surface area (Å²) in [6.45, 7) is 12.9. The quantitative estimate of drug-likeness (QED) is 0.0377. The van der Waals surface area contributed by atoms with Crippen molar-refractivity contribution >= 4 is 23.9 Å². The molecule has 0 rings (SSSR count). The molecule has 0 fully saturated rings. The van der Waals surface area contributed by atoms with Crippen LogP contribution in [0, 0.1) is 0 Å². The van der Waals surface area contributed by atoms with E-state index in [0.717, 1.165) is 37.8 Å².